The summed E-state index contributed by atoms with van der Waals surface area (Å²) >= 11 is 0. The van der Waals surface area contributed by atoms with E-state index < -0.39 is 0 Å². The smallest absolute Gasteiger partial charge is 0.262 e. The summed E-state index contributed by atoms with van der Waals surface area (Å²) < 4.78 is 19.8. The van der Waals surface area contributed by atoms with E-state index in [-0.39, 0.29) is 24.0 Å². The Hall–Kier alpha value is -2.40. The third kappa shape index (κ3) is 3.68. The van der Waals surface area contributed by atoms with Crippen molar-refractivity contribution in [3.8, 4) is 5.75 Å². The number of carbonyl (C=O) groups excluding carboxylic acids is 1. The van der Waals surface area contributed by atoms with Crippen molar-refractivity contribution in [1.29, 1.82) is 0 Å². The van der Waals surface area contributed by atoms with Crippen LogP contribution in [-0.4, -0.2) is 19.1 Å². The molecule has 1 aliphatic heterocycles. The Labute approximate surface area is 134 Å². The minimum Gasteiger partial charge on any atom is -0.484 e. The van der Waals surface area contributed by atoms with Gasteiger partial charge in [-0.2, -0.15) is 0 Å². The first-order valence-corrected chi connectivity index (χ1v) is 7.64. The summed E-state index contributed by atoms with van der Waals surface area (Å²) in [5, 5.41) is 5.78. The zero-order valence-corrected chi connectivity index (χ0v) is 13.0. The highest BCUT2D eigenvalue weighted by Crippen LogP contribution is 2.24. The quantitative estimate of drug-likeness (QED) is 0.912. The Morgan fingerprint density at radius 1 is 1.26 bits per heavy atom. The van der Waals surface area contributed by atoms with Crippen molar-refractivity contribution in [2.24, 2.45) is 0 Å². The molecule has 0 bridgehead atoms. The van der Waals surface area contributed by atoms with Gasteiger partial charge in [-0.25, -0.2) is 4.39 Å². The van der Waals surface area contributed by atoms with Crippen LogP contribution in [0.1, 0.15) is 16.7 Å². The molecule has 23 heavy (non-hydrogen) atoms. The molecule has 2 aromatic carbocycles. The molecule has 2 aromatic rings. The van der Waals surface area contributed by atoms with Crippen LogP contribution >= 0.6 is 0 Å². The first-order chi connectivity index (χ1) is 11.1. The molecule has 1 heterocycles. The molecule has 120 valence electrons. The van der Waals surface area contributed by atoms with E-state index in [0.29, 0.717) is 24.3 Å². The van der Waals surface area contributed by atoms with Crippen LogP contribution in [0.3, 0.4) is 0 Å². The van der Waals surface area contributed by atoms with Crippen LogP contribution in [-0.2, 0) is 17.8 Å². The number of carbonyl (C=O) groups is 1. The summed E-state index contributed by atoms with van der Waals surface area (Å²) in [5.74, 6) is -0.103. The van der Waals surface area contributed by atoms with Crippen LogP contribution in [0.25, 0.3) is 0 Å². The topological polar surface area (TPSA) is 50.4 Å². The Balaban J connectivity index is 1.62. The number of benzene rings is 2. The Bertz CT molecular complexity index is 714. The van der Waals surface area contributed by atoms with E-state index in [2.05, 4.69) is 10.6 Å². The fraction of sp³-hybridized carbons (Fsp3) is 0.278. The van der Waals surface area contributed by atoms with E-state index in [0.717, 1.165) is 17.7 Å². The van der Waals surface area contributed by atoms with E-state index in [1.54, 1.807) is 18.2 Å². The molecule has 4 nitrogen and oxygen atoms in total. The standard InChI is InChI=1S/C18H19FN2O2/c1-12-2-5-14(6-3-12)23-11-17(22)21-16-7-4-13-10-20-9-8-15(13)18(16)19/h2-7,20H,8-11H2,1H3,(H,21,22). The molecule has 1 amide bonds. The van der Waals surface area contributed by atoms with Crippen molar-refractivity contribution in [3.63, 3.8) is 0 Å². The molecule has 1 aliphatic rings. The van der Waals surface area contributed by atoms with Gasteiger partial charge in [0.2, 0.25) is 0 Å². The number of aryl methyl sites for hydroxylation is 1. The fourth-order valence-corrected chi connectivity index (χ4v) is 2.60. The van der Waals surface area contributed by atoms with E-state index >= 15 is 0 Å². The van der Waals surface area contributed by atoms with Crippen molar-refractivity contribution in [2.45, 2.75) is 19.9 Å². The molecule has 0 unspecified atom stereocenters. The van der Waals surface area contributed by atoms with Gasteiger partial charge in [0.05, 0.1) is 5.69 Å². The number of fused-ring (bicyclic) bond motifs is 1. The molecule has 0 spiro atoms. The number of ether oxygens (including phenoxy) is 1. The lowest BCUT2D eigenvalue weighted by atomic mass is 9.99. The van der Waals surface area contributed by atoms with Crippen LogP contribution in [0, 0.1) is 12.7 Å². The van der Waals surface area contributed by atoms with Crippen LogP contribution in [0.4, 0.5) is 10.1 Å². The van der Waals surface area contributed by atoms with Gasteiger partial charge in [0.1, 0.15) is 11.6 Å². The average molecular weight is 314 g/mol. The van der Waals surface area contributed by atoms with E-state index in [1.807, 2.05) is 25.1 Å². The van der Waals surface area contributed by atoms with Gasteiger partial charge in [-0.05, 0) is 49.2 Å². The molecule has 0 saturated heterocycles. The monoisotopic (exact) mass is 314 g/mol. The second kappa shape index (κ2) is 6.79. The maximum Gasteiger partial charge on any atom is 0.262 e. The van der Waals surface area contributed by atoms with Crippen molar-refractivity contribution < 1.29 is 13.9 Å². The first kappa shape index (κ1) is 15.5. The minimum absolute atomic E-state index is 0.152. The maximum atomic E-state index is 14.4. The number of amides is 1. The zero-order chi connectivity index (χ0) is 16.2. The summed E-state index contributed by atoms with van der Waals surface area (Å²) in [5.41, 5.74) is 2.96. The Kier molecular flexibility index (Phi) is 4.57. The van der Waals surface area contributed by atoms with E-state index in [4.69, 9.17) is 4.74 Å². The minimum atomic E-state index is -0.377. The van der Waals surface area contributed by atoms with Gasteiger partial charge in [0.15, 0.2) is 6.61 Å². The summed E-state index contributed by atoms with van der Waals surface area (Å²) in [7, 11) is 0. The van der Waals surface area contributed by atoms with Gasteiger partial charge >= 0.3 is 0 Å². The van der Waals surface area contributed by atoms with Crippen molar-refractivity contribution in [2.75, 3.05) is 18.5 Å². The van der Waals surface area contributed by atoms with Crippen LogP contribution in [0.2, 0.25) is 0 Å². The van der Waals surface area contributed by atoms with Crippen molar-refractivity contribution in [1.82, 2.24) is 5.32 Å². The number of halogens is 1. The molecular formula is C18H19FN2O2. The van der Waals surface area contributed by atoms with Gasteiger partial charge in [-0.3, -0.25) is 4.79 Å². The second-order valence-electron chi connectivity index (χ2n) is 5.64. The lowest BCUT2D eigenvalue weighted by Crippen LogP contribution is -2.26. The van der Waals surface area contributed by atoms with Crippen LogP contribution in [0.5, 0.6) is 5.75 Å². The van der Waals surface area contributed by atoms with Gasteiger partial charge in [0, 0.05) is 6.54 Å². The lowest BCUT2D eigenvalue weighted by Gasteiger charge is -2.19. The number of hydrogen-bond donors (Lipinski definition) is 2. The summed E-state index contributed by atoms with van der Waals surface area (Å²) in [4.78, 5) is 12.0. The highest BCUT2D eigenvalue weighted by Gasteiger charge is 2.17. The van der Waals surface area contributed by atoms with Crippen molar-refractivity contribution in [3.05, 3.63) is 58.9 Å². The van der Waals surface area contributed by atoms with E-state index in [1.165, 1.54) is 0 Å². The molecule has 2 N–H and O–H groups in total. The average Bonchev–Trinajstić information content (AvgIpc) is 2.57. The second-order valence-corrected chi connectivity index (χ2v) is 5.64. The highest BCUT2D eigenvalue weighted by atomic mass is 19.1. The third-order valence-electron chi connectivity index (χ3n) is 3.87. The summed E-state index contributed by atoms with van der Waals surface area (Å²) in [6, 6.07) is 10.9. The van der Waals surface area contributed by atoms with Crippen LogP contribution in [0.15, 0.2) is 36.4 Å². The van der Waals surface area contributed by atoms with Gasteiger partial charge in [-0.15, -0.1) is 0 Å². The fourth-order valence-electron chi connectivity index (χ4n) is 2.60. The molecule has 0 atom stereocenters. The Morgan fingerprint density at radius 3 is 2.83 bits per heavy atom. The molecule has 5 heteroatoms. The predicted octanol–water partition coefficient (Wildman–Crippen LogP) is 2.80. The molecule has 0 radical (unpaired) electrons. The summed E-state index contributed by atoms with van der Waals surface area (Å²) in [6.45, 7) is 3.24. The highest BCUT2D eigenvalue weighted by molar-refractivity contribution is 5.92. The van der Waals surface area contributed by atoms with Crippen LogP contribution < -0.4 is 15.4 Å². The molecule has 0 saturated carbocycles. The summed E-state index contributed by atoms with van der Waals surface area (Å²) in [6.07, 6.45) is 0.630. The van der Waals surface area contributed by atoms with Crippen molar-refractivity contribution >= 4 is 11.6 Å². The number of nitrogens with one attached hydrogen (secondary N) is 2. The molecule has 0 fully saturated rings. The maximum absolute atomic E-state index is 14.4. The molecular weight excluding hydrogens is 295 g/mol. The molecule has 0 aliphatic carbocycles. The van der Waals surface area contributed by atoms with Gasteiger partial charge in [-0.1, -0.05) is 23.8 Å². The SMILES string of the molecule is Cc1ccc(OCC(=O)Nc2ccc3c(c2F)CCNC3)cc1. The normalized spacial score (nSPS) is 13.3. The van der Waals surface area contributed by atoms with E-state index in [9.17, 15) is 9.18 Å². The van der Waals surface area contributed by atoms with Gasteiger partial charge < -0.3 is 15.4 Å². The lowest BCUT2D eigenvalue weighted by molar-refractivity contribution is -0.118. The Morgan fingerprint density at radius 2 is 2.04 bits per heavy atom. The molecule has 0 aromatic heterocycles. The molecule has 3 rings (SSSR count). The predicted molar refractivity (Wildman–Crippen MR) is 87.1 cm³/mol. The number of hydrogen-bond acceptors (Lipinski definition) is 3. The number of rotatable bonds is 4. The van der Waals surface area contributed by atoms with Gasteiger partial charge in [0.25, 0.3) is 5.91 Å². The number of anilines is 1. The zero-order valence-electron chi connectivity index (χ0n) is 13.0. The third-order valence-corrected chi connectivity index (χ3v) is 3.87. The largest absolute Gasteiger partial charge is 0.484 e. The first-order valence-electron chi connectivity index (χ1n) is 7.64.